The number of halogens is 1. The largest absolute Gasteiger partial charge is 0.454 e. The molecule has 1 aliphatic rings. The number of ether oxygens (including phenoxy) is 3. The van der Waals surface area contributed by atoms with E-state index in [0.717, 1.165) is 15.8 Å². The highest BCUT2D eigenvalue weighted by atomic mass is 32.1. The molecule has 150 valence electrons. The molecule has 4 rings (SSSR count). The third kappa shape index (κ3) is 4.38. The lowest BCUT2D eigenvalue weighted by Gasteiger charge is -2.05. The molecular weight excluding hydrogens is 395 g/mol. The van der Waals surface area contributed by atoms with E-state index < -0.39 is 5.91 Å². The van der Waals surface area contributed by atoms with Gasteiger partial charge in [0.2, 0.25) is 6.79 Å². The van der Waals surface area contributed by atoms with Gasteiger partial charge < -0.3 is 18.8 Å². The van der Waals surface area contributed by atoms with E-state index in [9.17, 15) is 9.18 Å². The summed E-state index contributed by atoms with van der Waals surface area (Å²) >= 11 is 1.27. The van der Waals surface area contributed by atoms with Crippen molar-refractivity contribution in [2.45, 2.75) is 13.5 Å². The third-order valence-corrected chi connectivity index (χ3v) is 5.37. The normalized spacial score (nSPS) is 13.7. The number of thiazole rings is 1. The van der Waals surface area contributed by atoms with Crippen molar-refractivity contribution >= 4 is 33.5 Å². The van der Waals surface area contributed by atoms with E-state index in [-0.39, 0.29) is 12.6 Å². The van der Waals surface area contributed by atoms with Crippen LogP contribution in [-0.4, -0.2) is 30.5 Å². The van der Waals surface area contributed by atoms with Crippen molar-refractivity contribution in [3.8, 4) is 11.5 Å². The summed E-state index contributed by atoms with van der Waals surface area (Å²) in [6, 6.07) is 9.98. The Labute approximate surface area is 170 Å². The van der Waals surface area contributed by atoms with E-state index in [0.29, 0.717) is 36.1 Å². The molecule has 0 bridgehead atoms. The van der Waals surface area contributed by atoms with Crippen molar-refractivity contribution in [1.82, 2.24) is 4.57 Å². The van der Waals surface area contributed by atoms with Gasteiger partial charge in [-0.3, -0.25) is 4.79 Å². The lowest BCUT2D eigenvalue weighted by molar-refractivity contribution is -0.113. The van der Waals surface area contributed by atoms with Crippen LogP contribution in [0.1, 0.15) is 12.5 Å². The van der Waals surface area contributed by atoms with E-state index in [1.165, 1.54) is 29.5 Å². The summed E-state index contributed by atoms with van der Waals surface area (Å²) in [6.07, 6.45) is 3.07. The zero-order valence-electron chi connectivity index (χ0n) is 15.8. The maximum absolute atomic E-state index is 13.6. The molecule has 2 heterocycles. The number of amides is 1. The Morgan fingerprint density at radius 2 is 2.14 bits per heavy atom. The first kappa shape index (κ1) is 19.4. The van der Waals surface area contributed by atoms with Crippen LogP contribution in [0.3, 0.4) is 0 Å². The molecule has 0 spiro atoms. The van der Waals surface area contributed by atoms with Crippen molar-refractivity contribution in [2.75, 3.05) is 20.0 Å². The highest BCUT2D eigenvalue weighted by molar-refractivity contribution is 7.16. The van der Waals surface area contributed by atoms with Gasteiger partial charge in [-0.2, -0.15) is 4.99 Å². The number of fused-ring (bicyclic) bond motifs is 2. The van der Waals surface area contributed by atoms with Crippen LogP contribution in [-0.2, 0) is 16.1 Å². The second-order valence-corrected chi connectivity index (χ2v) is 7.25. The SMILES string of the molecule is CCOCCn1c(=NC(=O)C=Cc2ccc3c(c2)OCO3)sc2cc(F)ccc21. The van der Waals surface area contributed by atoms with Crippen molar-refractivity contribution < 1.29 is 23.4 Å². The first-order valence-corrected chi connectivity index (χ1v) is 9.99. The van der Waals surface area contributed by atoms with Gasteiger partial charge in [0.25, 0.3) is 5.91 Å². The molecule has 0 N–H and O–H groups in total. The minimum Gasteiger partial charge on any atom is -0.454 e. The van der Waals surface area contributed by atoms with Gasteiger partial charge >= 0.3 is 0 Å². The van der Waals surface area contributed by atoms with Gasteiger partial charge in [-0.05, 0) is 48.9 Å². The standard InChI is InChI=1S/C21H19FN2O4S/c1-2-26-10-9-24-16-6-5-15(22)12-19(16)29-21(24)23-20(25)8-4-14-3-7-17-18(11-14)28-13-27-17/h3-8,11-12H,2,9-10,13H2,1H3. The average molecular weight is 414 g/mol. The molecule has 0 saturated carbocycles. The smallest absolute Gasteiger partial charge is 0.272 e. The predicted octanol–water partition coefficient (Wildman–Crippen LogP) is 3.75. The lowest BCUT2D eigenvalue weighted by atomic mass is 10.2. The maximum atomic E-state index is 13.6. The van der Waals surface area contributed by atoms with Crippen LogP contribution in [0.25, 0.3) is 16.3 Å². The van der Waals surface area contributed by atoms with Crippen LogP contribution in [0.15, 0.2) is 47.5 Å². The van der Waals surface area contributed by atoms with Gasteiger partial charge in [0, 0.05) is 19.2 Å². The second-order valence-electron chi connectivity index (χ2n) is 6.24. The van der Waals surface area contributed by atoms with Gasteiger partial charge in [0.05, 0.1) is 16.8 Å². The summed E-state index contributed by atoms with van der Waals surface area (Å²) < 4.78 is 32.2. The van der Waals surface area contributed by atoms with Gasteiger partial charge in [-0.1, -0.05) is 17.4 Å². The molecule has 1 aliphatic heterocycles. The Kier molecular flexibility index (Phi) is 5.73. The quantitative estimate of drug-likeness (QED) is 0.455. The highest BCUT2D eigenvalue weighted by Crippen LogP contribution is 2.32. The summed E-state index contributed by atoms with van der Waals surface area (Å²) in [4.78, 5) is 17.1. The second kappa shape index (κ2) is 8.59. The van der Waals surface area contributed by atoms with Crippen LogP contribution in [0.2, 0.25) is 0 Å². The fourth-order valence-electron chi connectivity index (χ4n) is 2.96. The van der Waals surface area contributed by atoms with E-state index >= 15 is 0 Å². The summed E-state index contributed by atoms with van der Waals surface area (Å²) in [6.45, 7) is 3.72. The summed E-state index contributed by atoms with van der Waals surface area (Å²) in [7, 11) is 0. The predicted molar refractivity (Wildman–Crippen MR) is 108 cm³/mol. The minimum absolute atomic E-state index is 0.199. The van der Waals surface area contributed by atoms with Gasteiger partial charge in [0.15, 0.2) is 16.3 Å². The molecule has 0 atom stereocenters. The number of carbonyl (C=O) groups is 1. The molecular formula is C21H19FN2O4S. The van der Waals surface area contributed by atoms with Crippen LogP contribution in [0.4, 0.5) is 4.39 Å². The van der Waals surface area contributed by atoms with E-state index in [1.807, 2.05) is 17.6 Å². The van der Waals surface area contributed by atoms with E-state index in [4.69, 9.17) is 14.2 Å². The fraction of sp³-hybridized carbons (Fsp3) is 0.238. The molecule has 0 aliphatic carbocycles. The molecule has 8 heteroatoms. The first-order chi connectivity index (χ1) is 14.1. The summed E-state index contributed by atoms with van der Waals surface area (Å²) in [5, 5.41) is 0. The molecule has 0 radical (unpaired) electrons. The molecule has 2 aromatic carbocycles. The number of aromatic nitrogens is 1. The zero-order chi connectivity index (χ0) is 20.2. The minimum atomic E-state index is -0.403. The Bertz CT molecular complexity index is 1150. The third-order valence-electron chi connectivity index (χ3n) is 4.33. The van der Waals surface area contributed by atoms with Crippen LogP contribution in [0.5, 0.6) is 11.5 Å². The molecule has 0 saturated heterocycles. The number of rotatable bonds is 6. The van der Waals surface area contributed by atoms with E-state index in [1.54, 1.807) is 24.3 Å². The number of hydrogen-bond acceptors (Lipinski definition) is 5. The Morgan fingerprint density at radius 3 is 3.00 bits per heavy atom. The maximum Gasteiger partial charge on any atom is 0.272 e. The number of benzene rings is 2. The fourth-order valence-corrected chi connectivity index (χ4v) is 4.05. The topological polar surface area (TPSA) is 62.1 Å². The number of carbonyl (C=O) groups excluding carboxylic acids is 1. The molecule has 6 nitrogen and oxygen atoms in total. The van der Waals surface area contributed by atoms with Crippen molar-refractivity contribution in [1.29, 1.82) is 0 Å². The van der Waals surface area contributed by atoms with Crippen LogP contribution >= 0.6 is 11.3 Å². The zero-order valence-corrected chi connectivity index (χ0v) is 16.6. The van der Waals surface area contributed by atoms with Gasteiger partial charge in [0.1, 0.15) is 5.82 Å². The van der Waals surface area contributed by atoms with Gasteiger partial charge in [-0.15, -0.1) is 0 Å². The summed E-state index contributed by atoms with van der Waals surface area (Å²) in [5.41, 5.74) is 1.63. The van der Waals surface area contributed by atoms with Crippen molar-refractivity contribution in [3.05, 3.63) is 58.7 Å². The molecule has 3 aromatic rings. The molecule has 0 unspecified atom stereocenters. The van der Waals surface area contributed by atoms with Crippen LogP contribution < -0.4 is 14.3 Å². The number of hydrogen-bond donors (Lipinski definition) is 0. The summed E-state index contributed by atoms with van der Waals surface area (Å²) in [5.74, 6) is 0.610. The highest BCUT2D eigenvalue weighted by Gasteiger charge is 2.12. The van der Waals surface area contributed by atoms with Crippen molar-refractivity contribution in [2.24, 2.45) is 4.99 Å². The van der Waals surface area contributed by atoms with Crippen molar-refractivity contribution in [3.63, 3.8) is 0 Å². The van der Waals surface area contributed by atoms with Gasteiger partial charge in [-0.25, -0.2) is 4.39 Å². The van der Waals surface area contributed by atoms with E-state index in [2.05, 4.69) is 4.99 Å². The molecule has 29 heavy (non-hydrogen) atoms. The monoisotopic (exact) mass is 414 g/mol. The lowest BCUT2D eigenvalue weighted by Crippen LogP contribution is -2.19. The first-order valence-electron chi connectivity index (χ1n) is 9.17. The average Bonchev–Trinajstić information content (AvgIpc) is 3.30. The number of nitrogens with zero attached hydrogens (tertiary/aromatic N) is 2. The Balaban J connectivity index is 1.61. The van der Waals surface area contributed by atoms with Crippen LogP contribution in [0, 0.1) is 5.82 Å². The molecule has 0 fully saturated rings. The molecule has 1 amide bonds. The molecule has 1 aromatic heterocycles. The Hall–Kier alpha value is -2.97. The Morgan fingerprint density at radius 1 is 1.28 bits per heavy atom.